The van der Waals surface area contributed by atoms with Crippen molar-refractivity contribution in [3.63, 3.8) is 0 Å². The van der Waals surface area contributed by atoms with Gasteiger partial charge in [-0.3, -0.25) is 18.7 Å². The van der Waals surface area contributed by atoms with Crippen molar-refractivity contribution in [1.82, 2.24) is 24.9 Å². The number of hydrogen-bond donors (Lipinski definition) is 4. The van der Waals surface area contributed by atoms with Gasteiger partial charge in [-0.25, -0.2) is 13.9 Å². The number of rotatable bonds is 17. The number of hydroxylamine groups is 2. The molecule has 0 saturated carbocycles. The van der Waals surface area contributed by atoms with E-state index in [1.165, 1.54) is 25.4 Å². The van der Waals surface area contributed by atoms with E-state index in [9.17, 15) is 22.4 Å². The first-order valence-electron chi connectivity index (χ1n) is 14.9. The first kappa shape index (κ1) is 35.2. The lowest BCUT2D eigenvalue weighted by molar-refractivity contribution is -0.599. The molecular formula is C28H37FN9O8S2+. The van der Waals surface area contributed by atoms with Gasteiger partial charge in [0.05, 0.1) is 11.5 Å². The summed E-state index contributed by atoms with van der Waals surface area (Å²) in [4.78, 5) is 39.7. The number of thiazole rings is 1. The maximum atomic E-state index is 14.8. The number of amides is 1. The molecule has 0 spiro atoms. The molecule has 2 aliphatic rings. The molecule has 0 unspecified atom stereocenters. The van der Waals surface area contributed by atoms with Crippen LogP contribution in [-0.4, -0.2) is 94.0 Å². The summed E-state index contributed by atoms with van der Waals surface area (Å²) in [6, 6.07) is 3.48. The third kappa shape index (κ3) is 8.13. The van der Waals surface area contributed by atoms with E-state index in [4.69, 9.17) is 25.6 Å². The second-order valence-corrected chi connectivity index (χ2v) is 13.8. The lowest BCUT2D eigenvalue weighted by atomic mass is 9.74. The van der Waals surface area contributed by atoms with Crippen LogP contribution in [0.3, 0.4) is 0 Å². The number of carbonyl (C=O) groups is 2. The van der Waals surface area contributed by atoms with E-state index in [1.54, 1.807) is 12.1 Å². The number of Topliss-reactive ketones (excluding diaryl/α,β-unsaturated/α-hetero) is 1. The molecule has 5 rings (SSSR count). The van der Waals surface area contributed by atoms with E-state index in [0.29, 0.717) is 42.7 Å². The maximum absolute atomic E-state index is 14.8. The molecule has 3 aromatic heterocycles. The van der Waals surface area contributed by atoms with Gasteiger partial charge in [-0.15, -0.1) is 20.6 Å². The van der Waals surface area contributed by atoms with Gasteiger partial charge in [0.15, 0.2) is 41.0 Å². The van der Waals surface area contributed by atoms with Crippen LogP contribution < -0.4 is 26.1 Å². The lowest BCUT2D eigenvalue weighted by Crippen LogP contribution is -2.68. The molecule has 3 aromatic rings. The number of ether oxygens (including phenoxy) is 1. The van der Waals surface area contributed by atoms with E-state index in [-0.39, 0.29) is 42.7 Å². The zero-order valence-electron chi connectivity index (χ0n) is 26.2. The maximum Gasteiger partial charge on any atom is 0.418 e. The number of carbonyl (C=O) groups excluding carboxylic acids is 2. The van der Waals surface area contributed by atoms with Crippen molar-refractivity contribution >= 4 is 44.3 Å². The Hall–Kier alpha value is -4.08. The van der Waals surface area contributed by atoms with Crippen molar-refractivity contribution in [3.05, 3.63) is 47.6 Å². The number of oxime groups is 1. The van der Waals surface area contributed by atoms with Crippen molar-refractivity contribution in [2.24, 2.45) is 16.8 Å². The van der Waals surface area contributed by atoms with Crippen LogP contribution in [0, 0.1) is 5.92 Å². The summed E-state index contributed by atoms with van der Waals surface area (Å²) in [6.45, 7) is 4.33. The lowest BCUT2D eigenvalue weighted by Gasteiger charge is -2.50. The first-order valence-corrected chi connectivity index (χ1v) is 17.2. The number of β-lactam (4-membered cyclic amide) rings is 1. The summed E-state index contributed by atoms with van der Waals surface area (Å²) in [5.74, 6) is -1.32. The Labute approximate surface area is 279 Å². The van der Waals surface area contributed by atoms with Gasteiger partial charge in [-0.1, -0.05) is 5.16 Å². The molecule has 48 heavy (non-hydrogen) atoms. The number of aryl methyl sites for hydroxylation is 1. The zero-order chi connectivity index (χ0) is 34.7. The number of nitrogen functional groups attached to an aromatic ring is 1. The molecular weight excluding hydrogens is 673 g/mol. The molecule has 6 N–H and O–H groups in total. The Kier molecular flexibility index (Phi) is 10.4. The van der Waals surface area contributed by atoms with E-state index in [0.717, 1.165) is 23.5 Å². The Balaban J connectivity index is 1.17. The molecule has 2 fully saturated rings. The van der Waals surface area contributed by atoms with Gasteiger partial charge < -0.3 is 26.4 Å². The second-order valence-electron chi connectivity index (χ2n) is 11.9. The van der Waals surface area contributed by atoms with Crippen molar-refractivity contribution in [2.45, 2.75) is 50.9 Å². The van der Waals surface area contributed by atoms with Crippen LogP contribution in [0.2, 0.25) is 0 Å². The molecule has 5 heterocycles. The van der Waals surface area contributed by atoms with Gasteiger partial charge in [0.1, 0.15) is 36.9 Å². The number of aromatic nitrogens is 4. The number of pyridine rings is 1. The summed E-state index contributed by atoms with van der Waals surface area (Å²) in [6.07, 6.45) is 6.39. The average Bonchev–Trinajstić information content (AvgIpc) is 3.63. The van der Waals surface area contributed by atoms with Gasteiger partial charge >= 0.3 is 10.4 Å². The number of hydrogen-bond acceptors (Lipinski definition) is 14. The van der Waals surface area contributed by atoms with E-state index >= 15 is 0 Å². The SMILES string of the molecule is CC1(C)[C@H](CC(=O)/C(=N\OCCOc2ccc(-[n+]3cc(CCCN)n(CC4(F)CNC4)c3)nc2)c2csc(N)n2)C(=O)N1OS(=O)(=O)O. The fourth-order valence-electron chi connectivity index (χ4n) is 5.27. The standard InChI is InChI=1S/C28H36FN9O8S2/c1-27(2)20(25(40)38(27)46-48(41,42)43)10-22(39)24(21-13-47-26(31)34-21)35-45-9-8-44-19-5-6-23(33-11-19)36-12-18(4-3-7-30)37(17-36)16-28(29)14-32-15-28/h5-6,11-13,17,20,32H,3-4,7-10,14-16,30H2,1-2H3,(H2-,31,34,41,42,43)/p+1/b35-24-/t20-/m1/s1. The predicted octanol–water partition coefficient (Wildman–Crippen LogP) is 0.132. The molecule has 1 amide bonds. The van der Waals surface area contributed by atoms with Gasteiger partial charge in [-0.05, 0) is 32.9 Å². The van der Waals surface area contributed by atoms with Crippen molar-refractivity contribution in [3.8, 4) is 11.6 Å². The summed E-state index contributed by atoms with van der Waals surface area (Å²) < 4.78 is 59.8. The van der Waals surface area contributed by atoms with Crippen molar-refractivity contribution in [2.75, 3.05) is 38.6 Å². The molecule has 1 atom stereocenters. The molecule has 2 saturated heterocycles. The topological polar surface area (TPSA) is 230 Å². The Morgan fingerprint density at radius 1 is 1.31 bits per heavy atom. The smallest absolute Gasteiger partial charge is 0.418 e. The molecule has 2 aliphatic heterocycles. The van der Waals surface area contributed by atoms with Crippen LogP contribution in [-0.2, 0) is 42.1 Å². The number of nitrogens with one attached hydrogen (secondary N) is 1. The fraction of sp³-hybridized carbons (Fsp3) is 0.500. The predicted molar refractivity (Wildman–Crippen MR) is 169 cm³/mol. The third-order valence-corrected chi connectivity index (χ3v) is 8.95. The Morgan fingerprint density at radius 2 is 2.08 bits per heavy atom. The third-order valence-electron chi connectivity index (χ3n) is 7.94. The second kappa shape index (κ2) is 14.2. The number of alkyl halides is 1. The summed E-state index contributed by atoms with van der Waals surface area (Å²) in [5.41, 5.74) is 9.83. The molecule has 0 aliphatic carbocycles. The van der Waals surface area contributed by atoms with Crippen LogP contribution >= 0.6 is 11.3 Å². The van der Waals surface area contributed by atoms with Crippen LogP contribution in [0.5, 0.6) is 5.75 Å². The van der Waals surface area contributed by atoms with Gasteiger partial charge in [0.2, 0.25) is 0 Å². The molecule has 20 heteroatoms. The molecule has 17 nitrogen and oxygen atoms in total. The Morgan fingerprint density at radius 3 is 2.67 bits per heavy atom. The van der Waals surface area contributed by atoms with E-state index in [2.05, 4.69) is 24.7 Å². The normalized spacial score (nSPS) is 18.7. The van der Waals surface area contributed by atoms with Crippen molar-refractivity contribution in [1.29, 1.82) is 0 Å². The average molecular weight is 711 g/mol. The minimum atomic E-state index is -4.94. The number of anilines is 1. The number of ketones is 1. The van der Waals surface area contributed by atoms with E-state index in [1.807, 2.05) is 21.7 Å². The first-order chi connectivity index (χ1) is 22.7. The minimum absolute atomic E-state index is 0.0423. The highest BCUT2D eigenvalue weighted by atomic mass is 32.3. The number of imidazole rings is 1. The molecule has 0 radical (unpaired) electrons. The largest absolute Gasteiger partial charge is 0.487 e. The van der Waals surface area contributed by atoms with Gasteiger partial charge in [0.25, 0.3) is 11.7 Å². The monoisotopic (exact) mass is 710 g/mol. The molecule has 260 valence electrons. The highest BCUT2D eigenvalue weighted by molar-refractivity contribution is 7.80. The summed E-state index contributed by atoms with van der Waals surface area (Å²) >= 11 is 1.08. The van der Waals surface area contributed by atoms with Crippen LogP contribution in [0.4, 0.5) is 9.52 Å². The van der Waals surface area contributed by atoms with Crippen LogP contribution in [0.1, 0.15) is 38.1 Å². The summed E-state index contributed by atoms with van der Waals surface area (Å²) in [5, 5.41) is 9.11. The number of halogens is 1. The Bertz CT molecular complexity index is 1770. The fourth-order valence-corrected chi connectivity index (χ4v) is 6.27. The molecule has 0 bridgehead atoms. The highest BCUT2D eigenvalue weighted by Crippen LogP contribution is 2.40. The van der Waals surface area contributed by atoms with Gasteiger partial charge in [0, 0.05) is 37.4 Å². The van der Waals surface area contributed by atoms with E-state index < -0.39 is 39.2 Å². The zero-order valence-corrected chi connectivity index (χ0v) is 27.9. The number of nitrogens with two attached hydrogens (primary N) is 2. The highest BCUT2D eigenvalue weighted by Gasteiger charge is 2.57. The quantitative estimate of drug-likeness (QED) is 0.0365. The van der Waals surface area contributed by atoms with Crippen LogP contribution in [0.25, 0.3) is 5.82 Å². The van der Waals surface area contributed by atoms with Gasteiger partial charge in [-0.2, -0.15) is 13.5 Å². The van der Waals surface area contributed by atoms with Crippen LogP contribution in [0.15, 0.2) is 41.4 Å². The van der Waals surface area contributed by atoms with Crippen molar-refractivity contribution < 1.29 is 45.4 Å². The minimum Gasteiger partial charge on any atom is -0.487 e. The molecule has 0 aromatic carbocycles. The summed E-state index contributed by atoms with van der Waals surface area (Å²) in [7, 11) is -4.94. The number of nitrogens with zero attached hydrogens (tertiary/aromatic N) is 6.